The minimum atomic E-state index is 0.162. The van der Waals surface area contributed by atoms with E-state index in [1.807, 2.05) is 26.0 Å². The molecule has 3 aromatic carbocycles. The average molecular weight is 502 g/mol. The number of benzene rings is 3. The Bertz CT molecular complexity index is 1020. The Kier molecular flexibility index (Phi) is 13.2. The Hall–Kier alpha value is -3.41. The van der Waals surface area contributed by atoms with E-state index < -0.39 is 0 Å². The van der Waals surface area contributed by atoms with Crippen molar-refractivity contribution in [2.24, 2.45) is 5.73 Å². The van der Waals surface area contributed by atoms with Gasteiger partial charge in [-0.25, -0.2) is 0 Å². The van der Waals surface area contributed by atoms with Gasteiger partial charge in [0.1, 0.15) is 5.75 Å². The number of carbonyl (C=O) groups is 1. The molecule has 0 spiro atoms. The van der Waals surface area contributed by atoms with Gasteiger partial charge in [0.15, 0.2) is 0 Å². The fraction of sp³-hybridized carbons (Fsp3) is 0.344. The zero-order valence-electron chi connectivity index (χ0n) is 23.1. The molecule has 198 valence electrons. The lowest BCUT2D eigenvalue weighted by Crippen LogP contribution is -2.32. The molecule has 0 bridgehead atoms. The van der Waals surface area contributed by atoms with E-state index in [-0.39, 0.29) is 11.9 Å². The Balaban J connectivity index is 0.000000521. The largest absolute Gasteiger partial charge is 0.497 e. The molecular formula is C32H43N3O2. The third-order valence-corrected chi connectivity index (χ3v) is 6.47. The maximum absolute atomic E-state index is 10.5. The maximum atomic E-state index is 10.5. The van der Waals surface area contributed by atoms with Gasteiger partial charge < -0.3 is 15.4 Å². The summed E-state index contributed by atoms with van der Waals surface area (Å²) in [6.07, 6.45) is 2.32. The van der Waals surface area contributed by atoms with Crippen LogP contribution in [0.1, 0.15) is 50.4 Å². The summed E-state index contributed by atoms with van der Waals surface area (Å²) in [5.41, 5.74) is 10.9. The molecule has 0 radical (unpaired) electrons. The molecule has 0 fully saturated rings. The van der Waals surface area contributed by atoms with Gasteiger partial charge in [-0.05, 0) is 55.2 Å². The van der Waals surface area contributed by atoms with Gasteiger partial charge in [0.2, 0.25) is 5.91 Å². The Morgan fingerprint density at radius 3 is 1.78 bits per heavy atom. The van der Waals surface area contributed by atoms with Crippen LogP contribution in [0.4, 0.5) is 0 Å². The summed E-state index contributed by atoms with van der Waals surface area (Å²) < 4.78 is 5.29. The van der Waals surface area contributed by atoms with Gasteiger partial charge in [-0.2, -0.15) is 0 Å². The fourth-order valence-corrected chi connectivity index (χ4v) is 4.22. The van der Waals surface area contributed by atoms with E-state index in [1.54, 1.807) is 18.9 Å². The van der Waals surface area contributed by atoms with E-state index in [0.29, 0.717) is 6.54 Å². The lowest BCUT2D eigenvalue weighted by molar-refractivity contribution is -0.128. The van der Waals surface area contributed by atoms with Crippen LogP contribution in [0.25, 0.3) is 5.57 Å². The average Bonchev–Trinajstić information content (AvgIpc) is 2.94. The predicted molar refractivity (Wildman–Crippen MR) is 156 cm³/mol. The van der Waals surface area contributed by atoms with E-state index in [2.05, 4.69) is 90.7 Å². The number of ether oxygens (including phenoxy) is 1. The highest BCUT2D eigenvalue weighted by Crippen LogP contribution is 2.26. The van der Waals surface area contributed by atoms with Gasteiger partial charge in [-0.15, -0.1) is 0 Å². The predicted octanol–water partition coefficient (Wildman–Crippen LogP) is 6.02. The van der Waals surface area contributed by atoms with E-state index >= 15 is 0 Å². The van der Waals surface area contributed by atoms with Gasteiger partial charge in [0.05, 0.1) is 7.11 Å². The van der Waals surface area contributed by atoms with Crippen molar-refractivity contribution in [2.45, 2.75) is 33.7 Å². The lowest BCUT2D eigenvalue weighted by Gasteiger charge is -2.28. The van der Waals surface area contributed by atoms with Crippen molar-refractivity contribution in [1.82, 2.24) is 9.80 Å². The number of hydrogen-bond donors (Lipinski definition) is 1. The first-order chi connectivity index (χ1) is 17.9. The monoisotopic (exact) mass is 501 g/mol. The van der Waals surface area contributed by atoms with Crippen LogP contribution in [-0.4, -0.2) is 55.5 Å². The van der Waals surface area contributed by atoms with Crippen LogP contribution in [0.3, 0.4) is 0 Å². The van der Waals surface area contributed by atoms with E-state index in [9.17, 15) is 4.79 Å². The van der Waals surface area contributed by atoms with Crippen molar-refractivity contribution in [3.8, 4) is 5.75 Å². The smallest absolute Gasteiger partial charge is 0.219 e. The molecule has 0 heterocycles. The topological polar surface area (TPSA) is 58.8 Å². The summed E-state index contributed by atoms with van der Waals surface area (Å²) >= 11 is 0. The maximum Gasteiger partial charge on any atom is 0.219 e. The number of hydrogen-bond acceptors (Lipinski definition) is 4. The third kappa shape index (κ3) is 9.52. The molecule has 3 aromatic rings. The molecule has 0 aliphatic carbocycles. The van der Waals surface area contributed by atoms with Crippen molar-refractivity contribution >= 4 is 11.5 Å². The van der Waals surface area contributed by atoms with Gasteiger partial charge in [-0.1, -0.05) is 78.9 Å². The summed E-state index contributed by atoms with van der Waals surface area (Å²) in [5.74, 6) is 1.04. The Morgan fingerprint density at radius 2 is 1.41 bits per heavy atom. The highest BCUT2D eigenvalue weighted by Gasteiger charge is 2.15. The molecule has 0 unspecified atom stereocenters. The van der Waals surface area contributed by atoms with Gasteiger partial charge >= 0.3 is 0 Å². The normalized spacial score (nSPS) is 11.2. The van der Waals surface area contributed by atoms with Crippen LogP contribution in [0.15, 0.2) is 91.0 Å². The Morgan fingerprint density at radius 1 is 0.892 bits per heavy atom. The molecule has 2 N–H and O–H groups in total. The number of amides is 1. The van der Waals surface area contributed by atoms with Crippen molar-refractivity contribution in [3.63, 3.8) is 0 Å². The molecule has 0 aromatic heterocycles. The zero-order chi connectivity index (χ0) is 27.0. The fourth-order valence-electron chi connectivity index (χ4n) is 4.22. The second-order valence-corrected chi connectivity index (χ2v) is 8.77. The SMILES string of the molecule is CCN(CC)C(C)=O.COc1ccc([C@@H](C)N(CC=C(c2ccccc2)c2ccccc2)CCN)cc1. The lowest BCUT2D eigenvalue weighted by atomic mass is 9.97. The van der Waals surface area contributed by atoms with Gasteiger partial charge in [0, 0.05) is 45.7 Å². The number of carbonyl (C=O) groups excluding carboxylic acids is 1. The first kappa shape index (κ1) is 29.8. The third-order valence-electron chi connectivity index (χ3n) is 6.47. The van der Waals surface area contributed by atoms with Crippen LogP contribution in [0.2, 0.25) is 0 Å². The van der Waals surface area contributed by atoms with Crippen molar-refractivity contribution in [3.05, 3.63) is 108 Å². The van der Waals surface area contributed by atoms with Crippen LogP contribution in [0, 0.1) is 0 Å². The molecule has 1 atom stereocenters. The number of nitrogens with zero attached hydrogens (tertiary/aromatic N) is 2. The summed E-state index contributed by atoms with van der Waals surface area (Å²) in [7, 11) is 1.69. The summed E-state index contributed by atoms with van der Waals surface area (Å²) in [6.45, 7) is 11.7. The van der Waals surface area contributed by atoms with Crippen LogP contribution >= 0.6 is 0 Å². The number of nitrogens with two attached hydrogens (primary N) is 1. The molecular weight excluding hydrogens is 458 g/mol. The molecule has 5 heteroatoms. The highest BCUT2D eigenvalue weighted by molar-refractivity contribution is 5.79. The van der Waals surface area contributed by atoms with E-state index in [0.717, 1.165) is 31.9 Å². The number of rotatable bonds is 11. The van der Waals surface area contributed by atoms with E-state index in [4.69, 9.17) is 10.5 Å². The Labute approximate surface area is 223 Å². The summed E-state index contributed by atoms with van der Waals surface area (Å²) in [5, 5.41) is 0. The molecule has 1 amide bonds. The second kappa shape index (κ2) is 16.4. The minimum absolute atomic E-state index is 0.162. The molecule has 0 aliphatic heterocycles. The quantitative estimate of drug-likeness (QED) is 0.349. The minimum Gasteiger partial charge on any atom is -0.497 e. The second-order valence-electron chi connectivity index (χ2n) is 8.77. The molecule has 5 nitrogen and oxygen atoms in total. The molecule has 37 heavy (non-hydrogen) atoms. The first-order valence-electron chi connectivity index (χ1n) is 13.1. The van der Waals surface area contributed by atoms with Crippen molar-refractivity contribution in [2.75, 3.05) is 39.8 Å². The van der Waals surface area contributed by atoms with Gasteiger partial charge in [0.25, 0.3) is 0 Å². The molecule has 0 saturated heterocycles. The van der Waals surface area contributed by atoms with E-state index in [1.165, 1.54) is 22.3 Å². The van der Waals surface area contributed by atoms with Gasteiger partial charge in [-0.3, -0.25) is 9.69 Å². The highest BCUT2D eigenvalue weighted by atomic mass is 16.5. The first-order valence-corrected chi connectivity index (χ1v) is 13.1. The summed E-state index contributed by atoms with van der Waals surface area (Å²) in [4.78, 5) is 14.7. The molecule has 3 rings (SSSR count). The standard InChI is InChI=1S/C26H30N2O.C6H13NO/c1-21(22-13-15-25(29-2)16-14-22)28(20-18-27)19-17-26(23-9-5-3-6-10-23)24-11-7-4-8-12-24;1-4-7(5-2)6(3)8/h3-17,21H,18-20,27H2,1-2H3;4-5H2,1-3H3/t21-;/m1./s1. The van der Waals surface area contributed by atoms with Crippen LogP contribution in [0.5, 0.6) is 5.75 Å². The van der Waals surface area contributed by atoms with Crippen LogP contribution in [-0.2, 0) is 4.79 Å². The van der Waals surface area contributed by atoms with Crippen molar-refractivity contribution in [1.29, 1.82) is 0 Å². The zero-order valence-corrected chi connectivity index (χ0v) is 23.1. The van der Waals surface area contributed by atoms with Crippen molar-refractivity contribution < 1.29 is 9.53 Å². The van der Waals surface area contributed by atoms with Crippen LogP contribution < -0.4 is 10.5 Å². The molecule has 0 aliphatic rings. The number of methoxy groups -OCH3 is 1. The summed E-state index contributed by atoms with van der Waals surface area (Å²) in [6, 6.07) is 29.7. The molecule has 0 saturated carbocycles.